The van der Waals surface area contributed by atoms with E-state index in [1.807, 2.05) is 6.92 Å². The molecular formula is C17H25N5O3. The van der Waals surface area contributed by atoms with Gasteiger partial charge in [0.05, 0.1) is 18.9 Å². The topological polar surface area (TPSA) is 81.4 Å². The molecule has 0 spiro atoms. The van der Waals surface area contributed by atoms with Gasteiger partial charge in [-0.2, -0.15) is 0 Å². The van der Waals surface area contributed by atoms with E-state index >= 15 is 0 Å². The van der Waals surface area contributed by atoms with Crippen LogP contribution in [0.2, 0.25) is 0 Å². The number of pyridine rings is 1. The number of ether oxygens (including phenoxy) is 1. The first kappa shape index (κ1) is 17.6. The number of aryl methyl sites for hydroxylation is 2. The third-order valence-corrected chi connectivity index (χ3v) is 4.72. The standard InChI is InChI=1S/C17H25N5O3/c1-12-11-19-15-13(16(23)21(3)17(24)20(15)2)14(12)18-5-4-6-22-7-9-25-10-8-22/h11H,4-10H2,1-3H3,(H,18,19). The van der Waals surface area contributed by atoms with Crippen LogP contribution in [0.25, 0.3) is 11.0 Å². The number of aromatic nitrogens is 3. The van der Waals surface area contributed by atoms with Crippen LogP contribution >= 0.6 is 0 Å². The van der Waals surface area contributed by atoms with Crippen molar-refractivity contribution in [2.45, 2.75) is 13.3 Å². The van der Waals surface area contributed by atoms with E-state index in [1.54, 1.807) is 13.2 Å². The minimum Gasteiger partial charge on any atom is -0.384 e. The van der Waals surface area contributed by atoms with Gasteiger partial charge < -0.3 is 10.1 Å². The van der Waals surface area contributed by atoms with Crippen LogP contribution in [-0.2, 0) is 18.8 Å². The molecular weight excluding hydrogens is 322 g/mol. The van der Waals surface area contributed by atoms with Crippen LogP contribution in [0.3, 0.4) is 0 Å². The minimum atomic E-state index is -0.368. The maximum absolute atomic E-state index is 12.6. The highest BCUT2D eigenvalue weighted by Gasteiger charge is 2.15. The van der Waals surface area contributed by atoms with E-state index < -0.39 is 0 Å². The maximum atomic E-state index is 12.6. The zero-order chi connectivity index (χ0) is 18.0. The molecule has 1 aliphatic rings. The lowest BCUT2D eigenvalue weighted by molar-refractivity contribution is 0.0378. The van der Waals surface area contributed by atoms with E-state index in [0.717, 1.165) is 61.6 Å². The smallest absolute Gasteiger partial charge is 0.332 e. The molecule has 3 rings (SSSR count). The molecule has 0 radical (unpaired) electrons. The zero-order valence-electron chi connectivity index (χ0n) is 15.0. The van der Waals surface area contributed by atoms with E-state index in [4.69, 9.17) is 4.74 Å². The number of anilines is 1. The van der Waals surface area contributed by atoms with Crippen LogP contribution < -0.4 is 16.6 Å². The first-order chi connectivity index (χ1) is 12.0. The molecule has 136 valence electrons. The molecule has 1 N–H and O–H groups in total. The van der Waals surface area contributed by atoms with Crippen molar-refractivity contribution in [2.24, 2.45) is 14.1 Å². The van der Waals surface area contributed by atoms with E-state index in [-0.39, 0.29) is 11.2 Å². The summed E-state index contributed by atoms with van der Waals surface area (Å²) in [6.07, 6.45) is 2.67. The van der Waals surface area contributed by atoms with Gasteiger partial charge in [-0.1, -0.05) is 0 Å². The molecule has 2 aromatic rings. The monoisotopic (exact) mass is 347 g/mol. The largest absolute Gasteiger partial charge is 0.384 e. The Morgan fingerprint density at radius 2 is 1.92 bits per heavy atom. The second-order valence-electron chi connectivity index (χ2n) is 6.45. The molecule has 0 amide bonds. The van der Waals surface area contributed by atoms with Crippen molar-refractivity contribution in [1.29, 1.82) is 0 Å². The first-order valence-corrected chi connectivity index (χ1v) is 8.60. The Labute approximate surface area is 146 Å². The van der Waals surface area contributed by atoms with Crippen LogP contribution in [0.4, 0.5) is 5.69 Å². The first-order valence-electron chi connectivity index (χ1n) is 8.60. The predicted molar refractivity (Wildman–Crippen MR) is 97.3 cm³/mol. The van der Waals surface area contributed by atoms with Crippen molar-refractivity contribution in [3.8, 4) is 0 Å². The molecule has 0 atom stereocenters. The van der Waals surface area contributed by atoms with Crippen molar-refractivity contribution >= 4 is 16.7 Å². The fourth-order valence-corrected chi connectivity index (χ4v) is 3.19. The summed E-state index contributed by atoms with van der Waals surface area (Å²) in [4.78, 5) is 31.4. The molecule has 2 aromatic heterocycles. The summed E-state index contributed by atoms with van der Waals surface area (Å²) in [6.45, 7) is 7.20. The Hall–Kier alpha value is -2.19. The highest BCUT2D eigenvalue weighted by atomic mass is 16.5. The summed E-state index contributed by atoms with van der Waals surface area (Å²) in [7, 11) is 3.13. The van der Waals surface area contributed by atoms with Crippen molar-refractivity contribution in [2.75, 3.05) is 44.7 Å². The van der Waals surface area contributed by atoms with Gasteiger partial charge in [-0.15, -0.1) is 0 Å². The summed E-state index contributed by atoms with van der Waals surface area (Å²) in [5.41, 5.74) is 1.39. The SMILES string of the molecule is Cc1cnc2c(c1NCCCN1CCOCC1)c(=O)n(C)c(=O)n2C. The molecule has 0 unspecified atom stereocenters. The van der Waals surface area contributed by atoms with Crippen LogP contribution in [0, 0.1) is 6.92 Å². The number of nitrogens with zero attached hydrogens (tertiary/aromatic N) is 4. The van der Waals surface area contributed by atoms with Gasteiger partial charge in [-0.3, -0.25) is 18.8 Å². The van der Waals surface area contributed by atoms with Crippen LogP contribution in [0.5, 0.6) is 0 Å². The summed E-state index contributed by atoms with van der Waals surface area (Å²) < 4.78 is 7.89. The van der Waals surface area contributed by atoms with Crippen LogP contribution in [0.15, 0.2) is 15.8 Å². The minimum absolute atomic E-state index is 0.315. The Bertz CT molecular complexity index is 880. The zero-order valence-corrected chi connectivity index (χ0v) is 15.0. The lowest BCUT2D eigenvalue weighted by atomic mass is 10.2. The van der Waals surface area contributed by atoms with Crippen LogP contribution in [0.1, 0.15) is 12.0 Å². The molecule has 1 saturated heterocycles. The van der Waals surface area contributed by atoms with Gasteiger partial charge in [0.2, 0.25) is 0 Å². The van der Waals surface area contributed by atoms with Crippen molar-refractivity contribution in [1.82, 2.24) is 19.0 Å². The van der Waals surface area contributed by atoms with Crippen molar-refractivity contribution in [3.05, 3.63) is 32.6 Å². The van der Waals surface area contributed by atoms with Crippen molar-refractivity contribution < 1.29 is 4.74 Å². The van der Waals surface area contributed by atoms with Crippen LogP contribution in [-0.4, -0.2) is 58.4 Å². The molecule has 1 aliphatic heterocycles. The summed E-state index contributed by atoms with van der Waals surface area (Å²) >= 11 is 0. The van der Waals surface area contributed by atoms with Gasteiger partial charge in [-0.05, 0) is 25.5 Å². The number of rotatable bonds is 5. The van der Waals surface area contributed by atoms with E-state index in [1.165, 1.54) is 11.6 Å². The molecule has 25 heavy (non-hydrogen) atoms. The third-order valence-electron chi connectivity index (χ3n) is 4.72. The summed E-state index contributed by atoms with van der Waals surface area (Å²) in [5, 5.41) is 3.85. The van der Waals surface area contributed by atoms with E-state index in [2.05, 4.69) is 15.2 Å². The lowest BCUT2D eigenvalue weighted by Crippen LogP contribution is -2.38. The number of morpholine rings is 1. The maximum Gasteiger partial charge on any atom is 0.332 e. The van der Waals surface area contributed by atoms with Crippen molar-refractivity contribution in [3.63, 3.8) is 0 Å². The highest BCUT2D eigenvalue weighted by Crippen LogP contribution is 2.21. The Balaban J connectivity index is 1.82. The van der Waals surface area contributed by atoms with Gasteiger partial charge in [-0.25, -0.2) is 9.78 Å². The molecule has 0 bridgehead atoms. The molecule has 8 heteroatoms. The summed E-state index contributed by atoms with van der Waals surface area (Å²) in [5.74, 6) is 0. The fourth-order valence-electron chi connectivity index (χ4n) is 3.19. The number of nitrogens with one attached hydrogen (secondary N) is 1. The number of hydrogen-bond donors (Lipinski definition) is 1. The fraction of sp³-hybridized carbons (Fsp3) is 0.588. The molecule has 0 aliphatic carbocycles. The predicted octanol–water partition coefficient (Wildman–Crippen LogP) is 0.0748. The molecule has 0 saturated carbocycles. The molecule has 3 heterocycles. The lowest BCUT2D eigenvalue weighted by Gasteiger charge is -2.26. The number of hydrogen-bond acceptors (Lipinski definition) is 6. The highest BCUT2D eigenvalue weighted by molar-refractivity contribution is 5.89. The van der Waals surface area contributed by atoms with Gasteiger partial charge in [0.1, 0.15) is 5.39 Å². The second-order valence-corrected chi connectivity index (χ2v) is 6.45. The second kappa shape index (κ2) is 7.37. The molecule has 8 nitrogen and oxygen atoms in total. The van der Waals surface area contributed by atoms with Gasteiger partial charge in [0.15, 0.2) is 5.65 Å². The Morgan fingerprint density at radius 3 is 2.64 bits per heavy atom. The molecule has 1 fully saturated rings. The average molecular weight is 347 g/mol. The average Bonchev–Trinajstić information content (AvgIpc) is 2.63. The molecule has 0 aromatic carbocycles. The van der Waals surface area contributed by atoms with Gasteiger partial charge in [0, 0.05) is 39.9 Å². The summed E-state index contributed by atoms with van der Waals surface area (Å²) in [6, 6.07) is 0. The van der Waals surface area contributed by atoms with E-state index in [0.29, 0.717) is 11.0 Å². The van der Waals surface area contributed by atoms with Gasteiger partial charge in [0.25, 0.3) is 5.56 Å². The Kier molecular flexibility index (Phi) is 5.19. The van der Waals surface area contributed by atoms with Gasteiger partial charge >= 0.3 is 5.69 Å². The third kappa shape index (κ3) is 3.45. The Morgan fingerprint density at radius 1 is 1.20 bits per heavy atom. The number of fused-ring (bicyclic) bond motifs is 1. The van der Waals surface area contributed by atoms with E-state index in [9.17, 15) is 9.59 Å². The normalized spacial score (nSPS) is 15.6. The quantitative estimate of drug-likeness (QED) is 0.771.